The molecule has 1 saturated heterocycles. The molecule has 1 fully saturated rings. The molecule has 1 rings (SSSR count). The van der Waals surface area contributed by atoms with E-state index >= 15 is 0 Å². The minimum atomic E-state index is -0.857. The monoisotopic (exact) mass is 247 g/mol. The molecule has 100 valence electrons. The lowest BCUT2D eigenvalue weighted by atomic mass is 9.96. The average Bonchev–Trinajstić information content (AvgIpc) is 2.33. The van der Waals surface area contributed by atoms with Crippen LogP contribution in [-0.2, 0) is 19.0 Å². The average molecular weight is 247 g/mol. The summed E-state index contributed by atoms with van der Waals surface area (Å²) < 4.78 is 15.8. The molecule has 0 bridgehead atoms. The van der Waals surface area contributed by atoms with Crippen LogP contribution in [0.2, 0.25) is 0 Å². The Hall–Kier alpha value is -0.690. The van der Waals surface area contributed by atoms with E-state index in [0.29, 0.717) is 6.42 Å². The molecule has 0 radical (unpaired) electrons. The van der Waals surface area contributed by atoms with Crippen molar-refractivity contribution in [3.63, 3.8) is 0 Å². The molecule has 0 unspecified atom stereocenters. The van der Waals surface area contributed by atoms with Gasteiger partial charge in [-0.3, -0.25) is 4.79 Å². The highest BCUT2D eigenvalue weighted by Gasteiger charge is 2.44. The maximum absolute atomic E-state index is 11.4. The molecule has 1 aliphatic rings. The van der Waals surface area contributed by atoms with Crippen LogP contribution in [-0.4, -0.2) is 55.9 Å². The van der Waals surface area contributed by atoms with Crippen molar-refractivity contribution in [1.82, 2.24) is 5.32 Å². The summed E-state index contributed by atoms with van der Waals surface area (Å²) in [6.45, 7) is 3.53. The van der Waals surface area contributed by atoms with E-state index < -0.39 is 24.5 Å². The highest BCUT2D eigenvalue weighted by molar-refractivity contribution is 5.76. The number of carbonyl (C=O) groups excluding carboxylic acids is 1. The lowest BCUT2D eigenvalue weighted by Gasteiger charge is -2.42. The summed E-state index contributed by atoms with van der Waals surface area (Å²) in [4.78, 5) is 11.4. The standard InChI is InChI=1S/C11H21NO5/c1-5-7(13)12-8-6(2)17-11(16-4)10(15-3)9(8)14/h6,8-11,14H,5H2,1-4H3,(H,12,13)/t6-,8-,9+,10+,11+/m1/s1. The predicted octanol–water partition coefficient (Wildman–Crippen LogP) is -0.352. The minimum absolute atomic E-state index is 0.129. The molecule has 0 aromatic carbocycles. The molecule has 6 nitrogen and oxygen atoms in total. The van der Waals surface area contributed by atoms with E-state index in [1.807, 2.05) is 0 Å². The topological polar surface area (TPSA) is 77.0 Å². The summed E-state index contributed by atoms with van der Waals surface area (Å²) in [5.74, 6) is -0.129. The molecular weight excluding hydrogens is 226 g/mol. The molecule has 0 saturated carbocycles. The van der Waals surface area contributed by atoms with Crippen LogP contribution < -0.4 is 5.32 Å². The Morgan fingerprint density at radius 2 is 2.06 bits per heavy atom. The molecule has 2 N–H and O–H groups in total. The Bertz CT molecular complexity index is 260. The number of aliphatic hydroxyl groups is 1. The molecular formula is C11H21NO5. The van der Waals surface area contributed by atoms with Crippen molar-refractivity contribution < 1.29 is 24.1 Å². The van der Waals surface area contributed by atoms with Gasteiger partial charge in [-0.05, 0) is 6.92 Å². The van der Waals surface area contributed by atoms with Crippen molar-refractivity contribution in [2.75, 3.05) is 14.2 Å². The fourth-order valence-electron chi connectivity index (χ4n) is 1.95. The van der Waals surface area contributed by atoms with Crippen LogP contribution in [0, 0.1) is 0 Å². The third-order valence-corrected chi connectivity index (χ3v) is 2.98. The molecule has 1 heterocycles. The minimum Gasteiger partial charge on any atom is -0.388 e. The van der Waals surface area contributed by atoms with Gasteiger partial charge in [-0.25, -0.2) is 0 Å². The molecule has 17 heavy (non-hydrogen) atoms. The normalized spacial score (nSPS) is 37.8. The summed E-state index contributed by atoms with van der Waals surface area (Å²) in [5.41, 5.74) is 0. The molecule has 6 heteroatoms. The van der Waals surface area contributed by atoms with E-state index in [0.717, 1.165) is 0 Å². The van der Waals surface area contributed by atoms with Crippen LogP contribution >= 0.6 is 0 Å². The molecule has 1 aliphatic heterocycles. The zero-order chi connectivity index (χ0) is 13.0. The Kier molecular flexibility index (Phi) is 5.32. The zero-order valence-corrected chi connectivity index (χ0v) is 10.7. The first kappa shape index (κ1) is 14.4. The van der Waals surface area contributed by atoms with Crippen molar-refractivity contribution in [3.8, 4) is 0 Å². The Morgan fingerprint density at radius 3 is 2.53 bits per heavy atom. The fraction of sp³-hybridized carbons (Fsp3) is 0.909. The van der Waals surface area contributed by atoms with Crippen molar-refractivity contribution in [2.24, 2.45) is 0 Å². The van der Waals surface area contributed by atoms with E-state index in [1.54, 1.807) is 13.8 Å². The summed E-state index contributed by atoms with van der Waals surface area (Å²) in [6.07, 6.45) is -2.07. The number of methoxy groups -OCH3 is 2. The SMILES string of the molecule is CCC(=O)N[C@H]1[C@H](O)[C@H](OC)[C@@H](OC)O[C@@H]1C. The van der Waals surface area contributed by atoms with E-state index in [9.17, 15) is 9.90 Å². The number of hydrogen-bond donors (Lipinski definition) is 2. The highest BCUT2D eigenvalue weighted by Crippen LogP contribution is 2.23. The van der Waals surface area contributed by atoms with Gasteiger partial charge in [-0.1, -0.05) is 6.92 Å². The van der Waals surface area contributed by atoms with Crippen LogP contribution in [0.25, 0.3) is 0 Å². The van der Waals surface area contributed by atoms with Crippen LogP contribution in [0.4, 0.5) is 0 Å². The molecule has 1 amide bonds. The van der Waals surface area contributed by atoms with Gasteiger partial charge in [0.25, 0.3) is 0 Å². The maximum Gasteiger partial charge on any atom is 0.220 e. The molecule has 0 aliphatic carbocycles. The first-order chi connectivity index (χ1) is 8.04. The fourth-order valence-corrected chi connectivity index (χ4v) is 1.95. The van der Waals surface area contributed by atoms with Crippen LogP contribution in [0.3, 0.4) is 0 Å². The van der Waals surface area contributed by atoms with E-state index in [4.69, 9.17) is 14.2 Å². The summed E-state index contributed by atoms with van der Waals surface area (Å²) in [7, 11) is 2.96. The van der Waals surface area contributed by atoms with Crippen molar-refractivity contribution in [1.29, 1.82) is 0 Å². The number of aliphatic hydroxyl groups excluding tert-OH is 1. The molecule has 0 spiro atoms. The van der Waals surface area contributed by atoms with Crippen molar-refractivity contribution >= 4 is 5.91 Å². The second-order valence-corrected chi connectivity index (χ2v) is 4.08. The number of nitrogens with one attached hydrogen (secondary N) is 1. The van der Waals surface area contributed by atoms with Crippen molar-refractivity contribution in [3.05, 3.63) is 0 Å². The lowest BCUT2D eigenvalue weighted by Crippen LogP contribution is -2.63. The number of carbonyl (C=O) groups is 1. The number of hydrogen-bond acceptors (Lipinski definition) is 5. The quantitative estimate of drug-likeness (QED) is 0.710. The number of ether oxygens (including phenoxy) is 3. The van der Waals surface area contributed by atoms with Crippen LogP contribution in [0.1, 0.15) is 20.3 Å². The van der Waals surface area contributed by atoms with Crippen LogP contribution in [0.15, 0.2) is 0 Å². The third-order valence-electron chi connectivity index (χ3n) is 2.98. The lowest BCUT2D eigenvalue weighted by molar-refractivity contribution is -0.269. The smallest absolute Gasteiger partial charge is 0.220 e. The molecule has 0 aromatic rings. The predicted molar refractivity (Wildman–Crippen MR) is 60.4 cm³/mol. The molecule has 5 atom stereocenters. The summed E-state index contributed by atoms with van der Waals surface area (Å²) in [5, 5.41) is 12.9. The van der Waals surface area contributed by atoms with Gasteiger partial charge in [-0.2, -0.15) is 0 Å². The van der Waals surface area contributed by atoms with Gasteiger partial charge in [-0.15, -0.1) is 0 Å². The molecule has 0 aromatic heterocycles. The Labute approximate surface area is 101 Å². The van der Waals surface area contributed by atoms with Gasteiger partial charge in [0.15, 0.2) is 6.29 Å². The second-order valence-electron chi connectivity index (χ2n) is 4.08. The van der Waals surface area contributed by atoms with Gasteiger partial charge < -0.3 is 24.6 Å². The van der Waals surface area contributed by atoms with Gasteiger partial charge >= 0.3 is 0 Å². The van der Waals surface area contributed by atoms with Crippen molar-refractivity contribution in [2.45, 2.75) is 50.9 Å². The zero-order valence-electron chi connectivity index (χ0n) is 10.7. The van der Waals surface area contributed by atoms with Crippen LogP contribution in [0.5, 0.6) is 0 Å². The first-order valence-electron chi connectivity index (χ1n) is 5.73. The first-order valence-corrected chi connectivity index (χ1v) is 5.73. The summed E-state index contributed by atoms with van der Waals surface area (Å²) in [6, 6.07) is -0.487. The third kappa shape index (κ3) is 3.16. The Balaban J connectivity index is 2.74. The van der Waals surface area contributed by atoms with E-state index in [2.05, 4.69) is 5.32 Å². The largest absolute Gasteiger partial charge is 0.388 e. The van der Waals surface area contributed by atoms with Gasteiger partial charge in [0.05, 0.1) is 12.1 Å². The van der Waals surface area contributed by atoms with Gasteiger partial charge in [0.1, 0.15) is 12.2 Å². The number of amides is 1. The van der Waals surface area contributed by atoms with E-state index in [-0.39, 0.29) is 12.0 Å². The summed E-state index contributed by atoms with van der Waals surface area (Å²) >= 11 is 0. The van der Waals surface area contributed by atoms with Gasteiger partial charge in [0, 0.05) is 20.6 Å². The Morgan fingerprint density at radius 1 is 1.41 bits per heavy atom. The van der Waals surface area contributed by atoms with E-state index in [1.165, 1.54) is 14.2 Å². The highest BCUT2D eigenvalue weighted by atomic mass is 16.7. The number of rotatable bonds is 4. The van der Waals surface area contributed by atoms with Gasteiger partial charge in [0.2, 0.25) is 5.91 Å². The second kappa shape index (κ2) is 6.30. The maximum atomic E-state index is 11.4.